The molecule has 6 nitrogen and oxygen atoms in total. The van der Waals surface area contributed by atoms with Gasteiger partial charge in [0.1, 0.15) is 11.4 Å². The fourth-order valence-electron chi connectivity index (χ4n) is 4.90. The molecule has 0 aliphatic carbocycles. The molecule has 3 atom stereocenters. The highest BCUT2D eigenvalue weighted by molar-refractivity contribution is 6.42. The molecule has 1 saturated heterocycles. The molecule has 1 aliphatic rings. The summed E-state index contributed by atoms with van der Waals surface area (Å²) in [6.07, 6.45) is -0.326. The number of carbonyl (C=O) groups is 3. The van der Waals surface area contributed by atoms with Crippen LogP contribution in [0, 0.1) is 11.7 Å². The highest BCUT2D eigenvalue weighted by Gasteiger charge is 2.61. The summed E-state index contributed by atoms with van der Waals surface area (Å²) in [7, 11) is 1.19. The number of rotatable bonds is 6. The number of hydrogen-bond acceptors (Lipinski definition) is 4. The van der Waals surface area contributed by atoms with Gasteiger partial charge in [0.2, 0.25) is 0 Å². The van der Waals surface area contributed by atoms with Gasteiger partial charge < -0.3 is 14.7 Å². The van der Waals surface area contributed by atoms with E-state index in [9.17, 15) is 23.9 Å². The predicted molar refractivity (Wildman–Crippen MR) is 132 cm³/mol. The first-order chi connectivity index (χ1) is 17.2. The summed E-state index contributed by atoms with van der Waals surface area (Å²) < 4.78 is 19.3. The average molecular weight is 530 g/mol. The number of esters is 1. The molecule has 1 amide bonds. The summed E-state index contributed by atoms with van der Waals surface area (Å²) in [5.41, 5.74) is -0.847. The molecule has 1 aliphatic heterocycles. The lowest BCUT2D eigenvalue weighted by Crippen LogP contribution is -2.55. The molecule has 9 heteroatoms. The first-order valence-corrected chi connectivity index (χ1v) is 11.8. The Bertz CT molecular complexity index is 1320. The van der Waals surface area contributed by atoms with Crippen LogP contribution in [0.3, 0.4) is 0 Å². The molecule has 3 aromatic carbocycles. The normalized spacial score (nSPS) is 21.3. The van der Waals surface area contributed by atoms with Crippen molar-refractivity contribution in [2.75, 3.05) is 7.11 Å². The van der Waals surface area contributed by atoms with Crippen LogP contribution < -0.4 is 0 Å². The first kappa shape index (κ1) is 25.7. The van der Waals surface area contributed by atoms with E-state index in [2.05, 4.69) is 0 Å². The Morgan fingerprint density at radius 1 is 1.03 bits per heavy atom. The van der Waals surface area contributed by atoms with Crippen LogP contribution in [0.1, 0.15) is 33.9 Å². The maximum Gasteiger partial charge on any atom is 0.330 e. The molecule has 3 aromatic rings. The molecule has 1 heterocycles. The zero-order valence-corrected chi connectivity index (χ0v) is 20.7. The number of amides is 1. The van der Waals surface area contributed by atoms with Gasteiger partial charge in [-0.1, -0.05) is 65.7 Å². The minimum Gasteiger partial charge on any atom is -0.479 e. The number of methoxy groups -OCH3 is 1. The van der Waals surface area contributed by atoms with Crippen molar-refractivity contribution in [3.05, 3.63) is 105 Å². The molecule has 3 unspecified atom stereocenters. The molecule has 0 bridgehead atoms. The fourth-order valence-corrected chi connectivity index (χ4v) is 5.20. The predicted octanol–water partition coefficient (Wildman–Crippen LogP) is 5.58. The zero-order chi connectivity index (χ0) is 26.0. The van der Waals surface area contributed by atoms with E-state index in [0.717, 1.165) is 4.90 Å². The second-order valence-electron chi connectivity index (χ2n) is 8.64. The van der Waals surface area contributed by atoms with Gasteiger partial charge in [-0.2, -0.15) is 0 Å². The van der Waals surface area contributed by atoms with Crippen molar-refractivity contribution in [3.8, 4) is 0 Å². The van der Waals surface area contributed by atoms with E-state index in [1.807, 2.05) is 0 Å². The smallest absolute Gasteiger partial charge is 0.330 e. The molecule has 0 spiro atoms. The third-order valence-electron chi connectivity index (χ3n) is 6.50. The van der Waals surface area contributed by atoms with Crippen LogP contribution in [0.5, 0.6) is 0 Å². The maximum atomic E-state index is 14.3. The summed E-state index contributed by atoms with van der Waals surface area (Å²) in [5, 5.41) is 10.9. The molecule has 0 aromatic heterocycles. The van der Waals surface area contributed by atoms with Crippen LogP contribution in [0.25, 0.3) is 0 Å². The van der Waals surface area contributed by atoms with Gasteiger partial charge in [0, 0.05) is 12.0 Å². The largest absolute Gasteiger partial charge is 0.479 e. The molecule has 4 rings (SSSR count). The number of benzene rings is 3. The number of hydrogen-bond donors (Lipinski definition) is 1. The maximum absolute atomic E-state index is 14.3. The van der Waals surface area contributed by atoms with Gasteiger partial charge in [0.25, 0.3) is 5.91 Å². The topological polar surface area (TPSA) is 83.9 Å². The quantitative estimate of drug-likeness (QED) is 0.421. The van der Waals surface area contributed by atoms with E-state index in [-0.39, 0.29) is 34.0 Å². The van der Waals surface area contributed by atoms with Gasteiger partial charge in [0.05, 0.1) is 29.1 Å². The van der Waals surface area contributed by atoms with Gasteiger partial charge in [-0.3, -0.25) is 9.59 Å². The molecule has 186 valence electrons. The number of aliphatic carboxylic acids is 1. The second-order valence-corrected chi connectivity index (χ2v) is 9.45. The van der Waals surface area contributed by atoms with E-state index in [1.54, 1.807) is 36.4 Å². The Hall–Kier alpha value is -3.42. The van der Waals surface area contributed by atoms with Crippen LogP contribution in [-0.4, -0.2) is 40.5 Å². The monoisotopic (exact) mass is 529 g/mol. The first-order valence-electron chi connectivity index (χ1n) is 11.1. The highest BCUT2D eigenvalue weighted by atomic mass is 35.5. The van der Waals surface area contributed by atoms with Gasteiger partial charge in [-0.05, 0) is 47.9 Å². The van der Waals surface area contributed by atoms with Crippen molar-refractivity contribution in [3.63, 3.8) is 0 Å². The van der Waals surface area contributed by atoms with Crippen molar-refractivity contribution in [2.24, 2.45) is 5.92 Å². The lowest BCUT2D eigenvalue weighted by molar-refractivity contribution is -0.149. The van der Waals surface area contributed by atoms with Crippen molar-refractivity contribution in [1.29, 1.82) is 0 Å². The lowest BCUT2D eigenvalue weighted by Gasteiger charge is -2.38. The summed E-state index contributed by atoms with van der Waals surface area (Å²) in [6.45, 7) is 0. The third kappa shape index (κ3) is 4.68. The van der Waals surface area contributed by atoms with Gasteiger partial charge in [-0.15, -0.1) is 0 Å². The summed E-state index contributed by atoms with van der Waals surface area (Å²) in [4.78, 5) is 41.2. The van der Waals surface area contributed by atoms with Crippen molar-refractivity contribution < 1.29 is 28.6 Å². The summed E-state index contributed by atoms with van der Waals surface area (Å²) in [5.74, 6) is -4.34. The number of nitrogens with zero attached hydrogens (tertiary/aromatic N) is 1. The third-order valence-corrected chi connectivity index (χ3v) is 7.23. The van der Waals surface area contributed by atoms with Crippen LogP contribution in [0.15, 0.2) is 72.8 Å². The van der Waals surface area contributed by atoms with Crippen LogP contribution >= 0.6 is 23.2 Å². The minimum atomic E-state index is -1.85. The van der Waals surface area contributed by atoms with E-state index in [4.69, 9.17) is 27.9 Å². The van der Waals surface area contributed by atoms with Crippen LogP contribution in [0.4, 0.5) is 4.39 Å². The Morgan fingerprint density at radius 2 is 1.75 bits per heavy atom. The number of carboxylic acids is 1. The van der Waals surface area contributed by atoms with Crippen molar-refractivity contribution >= 4 is 41.0 Å². The van der Waals surface area contributed by atoms with Gasteiger partial charge in [0.15, 0.2) is 0 Å². The number of carbonyl (C=O) groups excluding carboxylic acids is 2. The molecular weight excluding hydrogens is 508 g/mol. The highest BCUT2D eigenvalue weighted by Crippen LogP contribution is 2.50. The van der Waals surface area contributed by atoms with Crippen molar-refractivity contribution in [2.45, 2.75) is 24.4 Å². The molecule has 0 radical (unpaired) electrons. The second kappa shape index (κ2) is 10.3. The Labute approximate surface area is 217 Å². The number of halogens is 3. The van der Waals surface area contributed by atoms with Gasteiger partial charge >= 0.3 is 11.9 Å². The van der Waals surface area contributed by atoms with E-state index in [1.165, 1.54) is 43.5 Å². The zero-order valence-electron chi connectivity index (χ0n) is 19.2. The van der Waals surface area contributed by atoms with E-state index >= 15 is 0 Å². The average Bonchev–Trinajstić information content (AvgIpc) is 3.21. The summed E-state index contributed by atoms with van der Waals surface area (Å²) in [6, 6.07) is 17.3. The standard InChI is InChI=1S/C27H22Cl2FNO5/c1-36-25(33)20-15-27(26(34)35,14-16-6-3-2-4-7-16)31(23(20)17-8-5-9-19(30)12-17)24(32)18-10-11-21(28)22(29)13-18/h2-13,20,23H,14-15H2,1H3,(H,34,35). The van der Waals surface area contributed by atoms with Crippen LogP contribution in [0.2, 0.25) is 10.0 Å². The van der Waals surface area contributed by atoms with E-state index in [0.29, 0.717) is 5.56 Å². The molecular formula is C27H22Cl2FNO5. The minimum absolute atomic E-state index is 0.0787. The van der Waals surface area contributed by atoms with Crippen LogP contribution in [-0.2, 0) is 20.7 Å². The van der Waals surface area contributed by atoms with E-state index < -0.39 is 41.2 Å². The fraction of sp³-hybridized carbons (Fsp3) is 0.222. The molecule has 1 fully saturated rings. The lowest BCUT2D eigenvalue weighted by atomic mass is 9.84. The number of ether oxygens (including phenoxy) is 1. The SMILES string of the molecule is COC(=O)C1CC(Cc2ccccc2)(C(=O)O)N(C(=O)c2ccc(Cl)c(Cl)c2)C1c1cccc(F)c1. The molecule has 0 saturated carbocycles. The van der Waals surface area contributed by atoms with Crippen molar-refractivity contribution in [1.82, 2.24) is 4.90 Å². The molecule has 1 N–H and O–H groups in total. The summed E-state index contributed by atoms with van der Waals surface area (Å²) >= 11 is 12.2. The number of likely N-dealkylation sites (tertiary alicyclic amines) is 1. The Kier molecular flexibility index (Phi) is 7.33. The Morgan fingerprint density at radius 3 is 2.36 bits per heavy atom. The Balaban J connectivity index is 1.96. The van der Waals surface area contributed by atoms with Gasteiger partial charge in [-0.25, -0.2) is 9.18 Å². The number of carboxylic acid groups (broad SMARTS) is 1. The molecule has 36 heavy (non-hydrogen) atoms.